The number of thiophene rings is 1. The van der Waals surface area contributed by atoms with Gasteiger partial charge in [0, 0.05) is 37.1 Å². The summed E-state index contributed by atoms with van der Waals surface area (Å²) < 4.78 is 2.64. The SMILES string of the molecule is c1ccc(-c2c(-c3ccccc3)c3cc(-c4ccccc4N(c4ccc(-c5cccc6ccccc56)cc4)c4ccc(-c5cccc6c5sc5ccccc56)cc4)ccc3c3ccccc23)cc1. The highest BCUT2D eigenvalue weighted by Crippen LogP contribution is 2.48. The van der Waals surface area contributed by atoms with Gasteiger partial charge in [0.1, 0.15) is 0 Å². The predicted octanol–water partition coefficient (Wildman–Crippen LogP) is 19.3. The summed E-state index contributed by atoms with van der Waals surface area (Å²) in [5.74, 6) is 0. The van der Waals surface area contributed by atoms with Gasteiger partial charge in [0.15, 0.2) is 0 Å². The second-order valence-corrected chi connectivity index (χ2v) is 18.6. The first-order valence-corrected chi connectivity index (χ1v) is 24.1. The zero-order valence-electron chi connectivity index (χ0n) is 37.2. The smallest absolute Gasteiger partial charge is 0.0540 e. The third-order valence-electron chi connectivity index (χ3n) is 13.7. The summed E-state index contributed by atoms with van der Waals surface area (Å²) in [5.41, 5.74) is 15.4. The maximum atomic E-state index is 2.44. The predicted molar refractivity (Wildman–Crippen MR) is 294 cm³/mol. The molecule has 2 heteroatoms. The first-order valence-electron chi connectivity index (χ1n) is 23.3. The molecule has 0 saturated heterocycles. The minimum Gasteiger partial charge on any atom is -0.310 e. The molecule has 0 unspecified atom stereocenters. The quantitative estimate of drug-likeness (QED) is 0.137. The van der Waals surface area contributed by atoms with Gasteiger partial charge in [0.25, 0.3) is 0 Å². The van der Waals surface area contributed by atoms with E-state index in [2.05, 4.69) is 266 Å². The van der Waals surface area contributed by atoms with Gasteiger partial charge in [-0.2, -0.15) is 0 Å². The molecular formula is C66H43NS. The summed E-state index contributed by atoms with van der Waals surface area (Å²) >= 11 is 1.88. The average molecular weight is 882 g/mol. The summed E-state index contributed by atoms with van der Waals surface area (Å²) in [6, 6.07) is 95.7. The first kappa shape index (κ1) is 39.8. The van der Waals surface area contributed by atoms with Gasteiger partial charge in [-0.1, -0.05) is 218 Å². The van der Waals surface area contributed by atoms with Crippen LogP contribution in [-0.2, 0) is 0 Å². The van der Waals surface area contributed by atoms with Crippen molar-refractivity contribution < 1.29 is 0 Å². The zero-order chi connectivity index (χ0) is 45.0. The van der Waals surface area contributed by atoms with Crippen molar-refractivity contribution in [1.82, 2.24) is 0 Å². The van der Waals surface area contributed by atoms with Gasteiger partial charge in [-0.25, -0.2) is 0 Å². The van der Waals surface area contributed by atoms with Crippen LogP contribution in [0.25, 0.3) is 108 Å². The summed E-state index contributed by atoms with van der Waals surface area (Å²) in [6.07, 6.45) is 0. The number of hydrogen-bond acceptors (Lipinski definition) is 2. The molecule has 0 radical (unpaired) electrons. The van der Waals surface area contributed by atoms with Crippen LogP contribution in [0.2, 0.25) is 0 Å². The van der Waals surface area contributed by atoms with Crippen LogP contribution in [0.5, 0.6) is 0 Å². The number of nitrogens with zero attached hydrogens (tertiary/aromatic N) is 1. The molecule has 0 atom stereocenters. The van der Waals surface area contributed by atoms with E-state index in [1.165, 1.54) is 97.0 Å². The maximum Gasteiger partial charge on any atom is 0.0540 e. The third-order valence-corrected chi connectivity index (χ3v) is 14.9. The lowest BCUT2D eigenvalue weighted by atomic mass is 9.84. The molecule has 318 valence electrons. The molecule has 68 heavy (non-hydrogen) atoms. The molecule has 0 aliphatic carbocycles. The number of anilines is 3. The fraction of sp³-hybridized carbons (Fsp3) is 0. The van der Waals surface area contributed by atoms with E-state index in [0.29, 0.717) is 0 Å². The lowest BCUT2D eigenvalue weighted by Crippen LogP contribution is -2.11. The van der Waals surface area contributed by atoms with Crippen molar-refractivity contribution in [1.29, 1.82) is 0 Å². The lowest BCUT2D eigenvalue weighted by Gasteiger charge is -2.28. The van der Waals surface area contributed by atoms with Crippen LogP contribution in [0.1, 0.15) is 0 Å². The largest absolute Gasteiger partial charge is 0.310 e. The fourth-order valence-electron chi connectivity index (χ4n) is 10.5. The first-order chi connectivity index (χ1) is 33.7. The zero-order valence-corrected chi connectivity index (χ0v) is 38.0. The van der Waals surface area contributed by atoms with Crippen molar-refractivity contribution in [3.05, 3.63) is 261 Å². The van der Waals surface area contributed by atoms with Crippen LogP contribution in [0.3, 0.4) is 0 Å². The second-order valence-electron chi connectivity index (χ2n) is 17.5. The highest BCUT2D eigenvalue weighted by atomic mass is 32.1. The Labute approximate surface area is 400 Å². The van der Waals surface area contributed by atoms with E-state index < -0.39 is 0 Å². The van der Waals surface area contributed by atoms with Crippen LogP contribution in [0, 0.1) is 0 Å². The van der Waals surface area contributed by atoms with Gasteiger partial charge in [0.05, 0.1) is 5.69 Å². The lowest BCUT2D eigenvalue weighted by molar-refractivity contribution is 1.28. The molecule has 0 saturated carbocycles. The third kappa shape index (κ3) is 6.77. The van der Waals surface area contributed by atoms with Crippen LogP contribution in [0.15, 0.2) is 261 Å². The van der Waals surface area contributed by atoms with Gasteiger partial charge >= 0.3 is 0 Å². The monoisotopic (exact) mass is 881 g/mol. The van der Waals surface area contributed by atoms with Gasteiger partial charge in [-0.3, -0.25) is 0 Å². The minimum absolute atomic E-state index is 1.09. The molecule has 1 aromatic heterocycles. The van der Waals surface area contributed by atoms with E-state index in [-0.39, 0.29) is 0 Å². The highest BCUT2D eigenvalue weighted by molar-refractivity contribution is 7.26. The van der Waals surface area contributed by atoms with Crippen molar-refractivity contribution in [2.75, 3.05) is 4.90 Å². The maximum absolute atomic E-state index is 2.44. The van der Waals surface area contributed by atoms with E-state index in [1.54, 1.807) is 0 Å². The summed E-state index contributed by atoms with van der Waals surface area (Å²) in [6.45, 7) is 0. The molecule has 0 aliphatic rings. The Morgan fingerprint density at radius 2 is 0.750 bits per heavy atom. The summed E-state index contributed by atoms with van der Waals surface area (Å²) in [4.78, 5) is 2.43. The Kier molecular flexibility index (Phi) is 9.77. The van der Waals surface area contributed by atoms with Crippen LogP contribution in [0.4, 0.5) is 17.1 Å². The van der Waals surface area contributed by atoms with Crippen molar-refractivity contribution in [2.24, 2.45) is 0 Å². The number of para-hydroxylation sites is 1. The molecule has 0 bridgehead atoms. The normalized spacial score (nSPS) is 11.5. The van der Waals surface area contributed by atoms with Crippen LogP contribution in [-0.4, -0.2) is 0 Å². The highest BCUT2D eigenvalue weighted by Gasteiger charge is 2.22. The van der Waals surface area contributed by atoms with Crippen LogP contribution < -0.4 is 4.90 Å². The van der Waals surface area contributed by atoms with E-state index in [1.807, 2.05) is 11.3 Å². The van der Waals surface area contributed by atoms with E-state index >= 15 is 0 Å². The van der Waals surface area contributed by atoms with Gasteiger partial charge in [-0.15, -0.1) is 11.3 Å². The number of hydrogen-bond donors (Lipinski definition) is 0. The average Bonchev–Trinajstić information content (AvgIpc) is 3.80. The van der Waals surface area contributed by atoms with Crippen molar-refractivity contribution in [3.8, 4) is 55.6 Å². The van der Waals surface area contributed by atoms with E-state index in [0.717, 1.165) is 28.2 Å². The number of rotatable bonds is 8. The molecule has 0 N–H and O–H groups in total. The van der Waals surface area contributed by atoms with Crippen molar-refractivity contribution in [3.63, 3.8) is 0 Å². The standard InChI is InChI=1S/C66H43NS/c1-3-18-47(19-4-1)64-59-27-10-9-25-56(59)57-42-37-49(43-61(57)65(64)48-20-5-2-6-21-48)54-24-11-13-31-62(54)67(50-38-33-45(34-39-50)53-28-15-22-44-17-7-8-23-52(44)53)51-40-35-46(36-41-51)55-29-16-30-60-58-26-12-14-32-63(58)68-66(55)60/h1-43H. The van der Waals surface area contributed by atoms with Gasteiger partial charge in [0.2, 0.25) is 0 Å². The molecule has 13 rings (SSSR count). The Morgan fingerprint density at radius 1 is 0.265 bits per heavy atom. The molecule has 0 aliphatic heterocycles. The molecule has 1 nitrogen and oxygen atoms in total. The fourth-order valence-corrected chi connectivity index (χ4v) is 11.8. The Hall–Kier alpha value is -8.56. The van der Waals surface area contributed by atoms with Crippen molar-refractivity contribution >= 4 is 80.9 Å². The number of fused-ring (bicyclic) bond motifs is 7. The molecule has 0 fully saturated rings. The summed E-state index contributed by atoms with van der Waals surface area (Å²) in [7, 11) is 0. The molecule has 0 amide bonds. The van der Waals surface area contributed by atoms with Gasteiger partial charge < -0.3 is 4.90 Å². The molecule has 1 heterocycles. The van der Waals surface area contributed by atoms with E-state index in [9.17, 15) is 0 Å². The molecule has 0 spiro atoms. The van der Waals surface area contributed by atoms with Crippen molar-refractivity contribution in [2.45, 2.75) is 0 Å². The van der Waals surface area contributed by atoms with Gasteiger partial charge in [-0.05, 0) is 125 Å². The Bertz CT molecular complexity index is 3990. The Morgan fingerprint density at radius 3 is 1.49 bits per heavy atom. The Balaban J connectivity index is 1.00. The topological polar surface area (TPSA) is 3.24 Å². The van der Waals surface area contributed by atoms with Crippen LogP contribution >= 0.6 is 11.3 Å². The molecule has 12 aromatic carbocycles. The van der Waals surface area contributed by atoms with E-state index in [4.69, 9.17) is 0 Å². The molecule has 13 aromatic rings. The second kappa shape index (κ2) is 16.7. The number of benzene rings is 12. The summed E-state index contributed by atoms with van der Waals surface area (Å²) in [5, 5.41) is 10.1. The molecular weight excluding hydrogens is 839 g/mol. The minimum atomic E-state index is 1.09.